The van der Waals surface area contributed by atoms with Crippen LogP contribution in [0.2, 0.25) is 12.6 Å². The average Bonchev–Trinajstić information content (AvgIpc) is 2.17. The number of hydrogen-bond acceptors (Lipinski definition) is 1. The Hall–Kier alpha value is -0.603. The van der Waals surface area contributed by atoms with E-state index in [-0.39, 0.29) is 5.60 Å². The first kappa shape index (κ1) is 10.9. The van der Waals surface area contributed by atoms with Crippen molar-refractivity contribution >= 4 is 13.5 Å². The third-order valence-corrected chi connectivity index (χ3v) is 7.18. The third kappa shape index (κ3) is 2.32. The molecule has 0 aromatic heterocycles. The zero-order valence-electron chi connectivity index (χ0n) is 9.92. The second-order valence-corrected chi connectivity index (χ2v) is 9.06. The largest absolute Gasteiger partial charge is 0.408 e. The van der Waals surface area contributed by atoms with Crippen molar-refractivity contribution < 1.29 is 4.43 Å². The first-order valence-electron chi connectivity index (χ1n) is 5.78. The number of hydrogen-bond donors (Lipinski definition) is 0. The van der Waals surface area contributed by atoms with Gasteiger partial charge in [-0.1, -0.05) is 36.8 Å². The summed E-state index contributed by atoms with van der Waals surface area (Å²) in [6.07, 6.45) is 2.51. The number of rotatable bonds is 1. The van der Waals surface area contributed by atoms with E-state index in [4.69, 9.17) is 4.43 Å². The molecular weight excluding hydrogens is 200 g/mol. The molecule has 0 spiro atoms. The normalized spacial score (nSPS) is 30.1. The van der Waals surface area contributed by atoms with Gasteiger partial charge in [0.25, 0.3) is 0 Å². The van der Waals surface area contributed by atoms with Crippen molar-refractivity contribution in [1.29, 1.82) is 0 Å². The van der Waals surface area contributed by atoms with Crippen LogP contribution in [0.4, 0.5) is 0 Å². The Balaban J connectivity index is 2.27. The zero-order chi connectivity index (χ0) is 10.9. The molecule has 1 fully saturated rings. The maximum atomic E-state index is 6.39. The van der Waals surface area contributed by atoms with Gasteiger partial charge in [-0.3, -0.25) is 0 Å². The molecule has 1 atom stereocenters. The SMILES string of the molecule is CC1(C)CCC[Si](C)(c2ccccc2)O1. The van der Waals surface area contributed by atoms with Gasteiger partial charge in [0.2, 0.25) is 8.32 Å². The molecule has 0 bridgehead atoms. The Labute approximate surface area is 93.6 Å². The smallest absolute Gasteiger partial charge is 0.221 e. The summed E-state index contributed by atoms with van der Waals surface area (Å²) in [5, 5.41) is 1.44. The highest BCUT2D eigenvalue weighted by Gasteiger charge is 2.40. The molecule has 1 aliphatic rings. The minimum atomic E-state index is -1.65. The van der Waals surface area contributed by atoms with Gasteiger partial charge in [0, 0.05) is 0 Å². The molecule has 0 saturated carbocycles. The Morgan fingerprint density at radius 3 is 2.47 bits per heavy atom. The van der Waals surface area contributed by atoms with Gasteiger partial charge in [-0.05, 0) is 38.0 Å². The van der Waals surface area contributed by atoms with E-state index in [1.165, 1.54) is 24.1 Å². The molecular formula is C13H20OSi. The molecule has 1 aromatic rings. The van der Waals surface area contributed by atoms with Crippen molar-refractivity contribution in [3.05, 3.63) is 30.3 Å². The minimum Gasteiger partial charge on any atom is -0.408 e. The average molecular weight is 220 g/mol. The molecule has 0 N–H and O–H groups in total. The van der Waals surface area contributed by atoms with Crippen molar-refractivity contribution in [2.75, 3.05) is 0 Å². The van der Waals surface area contributed by atoms with E-state index >= 15 is 0 Å². The van der Waals surface area contributed by atoms with Crippen LogP contribution in [0.5, 0.6) is 0 Å². The summed E-state index contributed by atoms with van der Waals surface area (Å²) >= 11 is 0. The summed E-state index contributed by atoms with van der Waals surface area (Å²) < 4.78 is 6.39. The van der Waals surface area contributed by atoms with E-state index in [2.05, 4.69) is 50.7 Å². The van der Waals surface area contributed by atoms with Crippen LogP contribution in [-0.4, -0.2) is 13.9 Å². The van der Waals surface area contributed by atoms with E-state index in [0.29, 0.717) is 0 Å². The van der Waals surface area contributed by atoms with Crippen LogP contribution in [0, 0.1) is 0 Å². The standard InChI is InChI=1S/C13H20OSi/c1-13(2)10-7-11-15(3,14-13)12-8-5-4-6-9-12/h4-6,8-9H,7,10-11H2,1-3H3. The molecule has 0 amide bonds. The first-order chi connectivity index (χ1) is 7.02. The van der Waals surface area contributed by atoms with Crippen molar-refractivity contribution in [2.24, 2.45) is 0 Å². The monoisotopic (exact) mass is 220 g/mol. The third-order valence-electron chi connectivity index (χ3n) is 3.32. The fourth-order valence-electron chi connectivity index (χ4n) is 2.56. The lowest BCUT2D eigenvalue weighted by molar-refractivity contribution is 0.0749. The van der Waals surface area contributed by atoms with Crippen LogP contribution < -0.4 is 5.19 Å². The maximum Gasteiger partial charge on any atom is 0.221 e. The number of benzene rings is 1. The molecule has 82 valence electrons. The zero-order valence-corrected chi connectivity index (χ0v) is 10.9. The van der Waals surface area contributed by atoms with E-state index < -0.39 is 8.32 Å². The lowest BCUT2D eigenvalue weighted by atomic mass is 10.0. The van der Waals surface area contributed by atoms with Crippen molar-refractivity contribution in [1.82, 2.24) is 0 Å². The fourth-order valence-corrected chi connectivity index (χ4v) is 6.14. The highest BCUT2D eigenvalue weighted by atomic mass is 28.4. The topological polar surface area (TPSA) is 9.23 Å². The van der Waals surface area contributed by atoms with Gasteiger partial charge in [0.15, 0.2) is 0 Å². The quantitative estimate of drug-likeness (QED) is 0.661. The van der Waals surface area contributed by atoms with Gasteiger partial charge in [-0.15, -0.1) is 0 Å². The van der Waals surface area contributed by atoms with Gasteiger partial charge >= 0.3 is 0 Å². The Bertz CT molecular complexity index is 334. The van der Waals surface area contributed by atoms with Crippen LogP contribution >= 0.6 is 0 Å². The van der Waals surface area contributed by atoms with Gasteiger partial charge in [0.05, 0.1) is 5.60 Å². The van der Waals surface area contributed by atoms with Crippen LogP contribution in [0.15, 0.2) is 30.3 Å². The molecule has 1 saturated heterocycles. The molecule has 0 aliphatic carbocycles. The Morgan fingerprint density at radius 1 is 1.20 bits per heavy atom. The first-order valence-corrected chi connectivity index (χ1v) is 8.39. The predicted octanol–water partition coefficient (Wildman–Crippen LogP) is 3.06. The van der Waals surface area contributed by atoms with E-state index in [1.54, 1.807) is 0 Å². The molecule has 1 nitrogen and oxygen atoms in total. The van der Waals surface area contributed by atoms with Gasteiger partial charge < -0.3 is 4.43 Å². The highest BCUT2D eigenvalue weighted by molar-refractivity contribution is 6.85. The van der Waals surface area contributed by atoms with Crippen molar-refractivity contribution in [2.45, 2.75) is 44.9 Å². The van der Waals surface area contributed by atoms with Gasteiger partial charge in [-0.25, -0.2) is 0 Å². The Morgan fingerprint density at radius 2 is 1.87 bits per heavy atom. The summed E-state index contributed by atoms with van der Waals surface area (Å²) in [6, 6.07) is 12.0. The van der Waals surface area contributed by atoms with E-state index in [1.807, 2.05) is 0 Å². The molecule has 1 unspecified atom stereocenters. The molecule has 1 aliphatic heterocycles. The molecule has 0 radical (unpaired) electrons. The van der Waals surface area contributed by atoms with Crippen LogP contribution in [0.1, 0.15) is 26.7 Å². The van der Waals surface area contributed by atoms with Gasteiger partial charge in [0.1, 0.15) is 0 Å². The molecule has 1 aromatic carbocycles. The van der Waals surface area contributed by atoms with Crippen LogP contribution in [0.25, 0.3) is 0 Å². The van der Waals surface area contributed by atoms with E-state index in [0.717, 1.165) is 0 Å². The summed E-state index contributed by atoms with van der Waals surface area (Å²) in [5.41, 5.74) is 0.0784. The summed E-state index contributed by atoms with van der Waals surface area (Å²) in [6.45, 7) is 6.80. The predicted molar refractivity (Wildman–Crippen MR) is 66.9 cm³/mol. The molecule has 2 heteroatoms. The minimum absolute atomic E-state index is 0.0784. The Kier molecular flexibility index (Phi) is 2.73. The lowest BCUT2D eigenvalue weighted by Gasteiger charge is -2.42. The maximum absolute atomic E-state index is 6.39. The summed E-state index contributed by atoms with van der Waals surface area (Å²) in [4.78, 5) is 0. The van der Waals surface area contributed by atoms with Crippen LogP contribution in [-0.2, 0) is 4.43 Å². The second kappa shape index (κ2) is 3.76. The van der Waals surface area contributed by atoms with Crippen LogP contribution in [0.3, 0.4) is 0 Å². The van der Waals surface area contributed by atoms with Crippen molar-refractivity contribution in [3.63, 3.8) is 0 Å². The summed E-state index contributed by atoms with van der Waals surface area (Å²) in [5.74, 6) is 0. The lowest BCUT2D eigenvalue weighted by Crippen LogP contribution is -2.55. The molecule has 1 heterocycles. The van der Waals surface area contributed by atoms with E-state index in [9.17, 15) is 0 Å². The van der Waals surface area contributed by atoms with Gasteiger partial charge in [-0.2, -0.15) is 0 Å². The van der Waals surface area contributed by atoms with Crippen molar-refractivity contribution in [3.8, 4) is 0 Å². The summed E-state index contributed by atoms with van der Waals surface area (Å²) in [7, 11) is -1.65. The molecule has 15 heavy (non-hydrogen) atoms. The molecule has 2 rings (SSSR count). The second-order valence-electron chi connectivity index (χ2n) is 5.31. The fraction of sp³-hybridized carbons (Fsp3) is 0.538. The highest BCUT2D eigenvalue weighted by Crippen LogP contribution is 2.32.